The first-order valence-electron chi connectivity index (χ1n) is 7.99. The molecule has 1 N–H and O–H groups in total. The van der Waals surface area contributed by atoms with Gasteiger partial charge in [-0.3, -0.25) is 4.79 Å². The highest BCUT2D eigenvalue weighted by Crippen LogP contribution is 2.31. The van der Waals surface area contributed by atoms with Gasteiger partial charge < -0.3 is 19.7 Å². The summed E-state index contributed by atoms with van der Waals surface area (Å²) in [5.41, 5.74) is 1.44. The number of nitrogens with zero attached hydrogens (tertiary/aromatic N) is 1. The minimum Gasteiger partial charge on any atom is -0.493 e. The van der Waals surface area contributed by atoms with E-state index in [9.17, 15) is 9.18 Å². The lowest BCUT2D eigenvalue weighted by Gasteiger charge is -2.25. The van der Waals surface area contributed by atoms with Crippen LogP contribution in [-0.4, -0.2) is 45.7 Å². The van der Waals surface area contributed by atoms with Crippen molar-refractivity contribution >= 4 is 28.5 Å². The highest BCUT2D eigenvalue weighted by Gasteiger charge is 2.19. The minimum absolute atomic E-state index is 0.0719. The first-order chi connectivity index (χ1) is 12.4. The molecule has 2 aromatic carbocycles. The summed E-state index contributed by atoms with van der Waals surface area (Å²) in [7, 11) is 6.92. The Hall–Kier alpha value is -1.87. The lowest BCUT2D eigenvalue weighted by atomic mass is 10.1. The van der Waals surface area contributed by atoms with Gasteiger partial charge in [0.15, 0.2) is 11.5 Å². The van der Waals surface area contributed by atoms with Crippen molar-refractivity contribution in [3.05, 3.63) is 56.9 Å². The Kier molecular flexibility index (Phi) is 7.22. The van der Waals surface area contributed by atoms with E-state index in [4.69, 9.17) is 9.47 Å². The summed E-state index contributed by atoms with van der Waals surface area (Å²) in [6, 6.07) is 9.66. The van der Waals surface area contributed by atoms with E-state index in [0.717, 1.165) is 9.13 Å². The summed E-state index contributed by atoms with van der Waals surface area (Å²) in [5, 5.41) is 2.95. The zero-order valence-electron chi connectivity index (χ0n) is 15.2. The van der Waals surface area contributed by atoms with Gasteiger partial charge in [-0.1, -0.05) is 12.1 Å². The molecule has 0 heterocycles. The van der Waals surface area contributed by atoms with Crippen LogP contribution in [0.4, 0.5) is 4.39 Å². The number of carbonyl (C=O) groups excluding carboxylic acids is 1. The molecule has 0 fully saturated rings. The van der Waals surface area contributed by atoms with E-state index < -0.39 is 0 Å². The molecule has 1 unspecified atom stereocenters. The Labute approximate surface area is 166 Å². The molecule has 0 spiro atoms. The third kappa shape index (κ3) is 4.85. The fourth-order valence-corrected chi connectivity index (χ4v) is 3.28. The molecule has 0 saturated heterocycles. The maximum atomic E-state index is 13.2. The zero-order valence-corrected chi connectivity index (χ0v) is 17.3. The van der Waals surface area contributed by atoms with Gasteiger partial charge in [-0.05, 0) is 66.5 Å². The lowest BCUT2D eigenvalue weighted by molar-refractivity contribution is 0.0940. The van der Waals surface area contributed by atoms with Crippen molar-refractivity contribution in [2.75, 3.05) is 34.9 Å². The van der Waals surface area contributed by atoms with Crippen molar-refractivity contribution in [2.45, 2.75) is 6.04 Å². The summed E-state index contributed by atoms with van der Waals surface area (Å²) in [4.78, 5) is 14.6. The molecule has 2 aromatic rings. The molecule has 7 heteroatoms. The van der Waals surface area contributed by atoms with E-state index in [-0.39, 0.29) is 17.8 Å². The van der Waals surface area contributed by atoms with Crippen molar-refractivity contribution in [3.8, 4) is 11.5 Å². The Balaban J connectivity index is 2.17. The normalized spacial score (nSPS) is 12.0. The van der Waals surface area contributed by atoms with Crippen LogP contribution in [0.25, 0.3) is 0 Å². The van der Waals surface area contributed by atoms with E-state index in [0.29, 0.717) is 23.6 Å². The van der Waals surface area contributed by atoms with Crippen molar-refractivity contribution in [2.24, 2.45) is 0 Å². The average molecular weight is 472 g/mol. The van der Waals surface area contributed by atoms with Gasteiger partial charge in [0.25, 0.3) is 5.91 Å². The summed E-state index contributed by atoms with van der Waals surface area (Å²) < 4.78 is 24.4. The second-order valence-corrected chi connectivity index (χ2v) is 7.09. The number of hydrogen-bond donors (Lipinski definition) is 1. The quantitative estimate of drug-likeness (QED) is 0.628. The number of ether oxygens (including phenoxy) is 2. The number of carbonyl (C=O) groups is 1. The summed E-state index contributed by atoms with van der Waals surface area (Å²) in [5.74, 6) is 0.589. The number of amides is 1. The number of hydrogen-bond acceptors (Lipinski definition) is 4. The largest absolute Gasteiger partial charge is 0.493 e. The fourth-order valence-electron chi connectivity index (χ4n) is 2.60. The SMILES string of the molecule is COc1cc(I)c(C(=O)NCC(c2ccc(F)cc2)N(C)C)cc1OC. The van der Waals surface area contributed by atoms with Crippen LogP contribution in [0.1, 0.15) is 22.0 Å². The van der Waals surface area contributed by atoms with E-state index in [1.807, 2.05) is 19.0 Å². The molecule has 2 rings (SSSR count). The van der Waals surface area contributed by atoms with Gasteiger partial charge >= 0.3 is 0 Å². The van der Waals surface area contributed by atoms with Crippen LogP contribution in [0, 0.1) is 9.39 Å². The molecule has 140 valence electrons. The maximum Gasteiger partial charge on any atom is 0.252 e. The van der Waals surface area contributed by atoms with Gasteiger partial charge in [0.05, 0.1) is 25.8 Å². The number of likely N-dealkylation sites (N-methyl/N-ethyl adjacent to an activating group) is 1. The van der Waals surface area contributed by atoms with Crippen LogP contribution in [0.15, 0.2) is 36.4 Å². The molecule has 26 heavy (non-hydrogen) atoms. The third-order valence-electron chi connectivity index (χ3n) is 4.05. The Bertz CT molecular complexity index is 766. The molecule has 0 aliphatic carbocycles. The molecule has 0 aliphatic rings. The van der Waals surface area contributed by atoms with Crippen LogP contribution in [0.2, 0.25) is 0 Å². The molecule has 0 saturated carbocycles. The summed E-state index contributed by atoms with van der Waals surface area (Å²) >= 11 is 2.09. The molecular formula is C19H22FIN2O3. The second-order valence-electron chi connectivity index (χ2n) is 5.93. The standard InChI is InChI=1S/C19H22FIN2O3/c1-23(2)16(12-5-7-13(20)8-6-12)11-22-19(24)14-9-17(25-3)18(26-4)10-15(14)21/h5-10,16H,11H2,1-4H3,(H,22,24). The Morgan fingerprint density at radius 1 is 1.15 bits per heavy atom. The smallest absolute Gasteiger partial charge is 0.252 e. The molecule has 0 aromatic heterocycles. The molecular weight excluding hydrogens is 450 g/mol. The zero-order chi connectivity index (χ0) is 19.3. The monoisotopic (exact) mass is 472 g/mol. The van der Waals surface area contributed by atoms with Crippen molar-refractivity contribution in [1.82, 2.24) is 10.2 Å². The fraction of sp³-hybridized carbons (Fsp3) is 0.316. The number of methoxy groups -OCH3 is 2. The van der Waals surface area contributed by atoms with Crippen molar-refractivity contribution < 1.29 is 18.7 Å². The van der Waals surface area contributed by atoms with Gasteiger partial charge in [0.1, 0.15) is 5.82 Å². The van der Waals surface area contributed by atoms with Crippen LogP contribution in [-0.2, 0) is 0 Å². The predicted molar refractivity (Wildman–Crippen MR) is 107 cm³/mol. The molecule has 0 bridgehead atoms. The van der Waals surface area contributed by atoms with E-state index in [1.165, 1.54) is 19.2 Å². The minimum atomic E-state index is -0.282. The van der Waals surface area contributed by atoms with Gasteiger partial charge in [-0.2, -0.15) is 0 Å². The third-order valence-corrected chi connectivity index (χ3v) is 4.94. The number of benzene rings is 2. The highest BCUT2D eigenvalue weighted by atomic mass is 127. The van der Waals surface area contributed by atoms with Crippen molar-refractivity contribution in [1.29, 1.82) is 0 Å². The Morgan fingerprint density at radius 2 is 1.73 bits per heavy atom. The summed E-state index contributed by atoms with van der Waals surface area (Å²) in [6.07, 6.45) is 0. The lowest BCUT2D eigenvalue weighted by Crippen LogP contribution is -2.34. The number of rotatable bonds is 7. The first kappa shape index (κ1) is 20.4. The Morgan fingerprint density at radius 3 is 2.27 bits per heavy atom. The molecule has 0 radical (unpaired) electrons. The van der Waals surface area contributed by atoms with E-state index in [2.05, 4.69) is 27.9 Å². The molecule has 1 amide bonds. The van der Waals surface area contributed by atoms with E-state index >= 15 is 0 Å². The number of nitrogens with one attached hydrogen (secondary N) is 1. The van der Waals surface area contributed by atoms with Gasteiger partial charge in [0.2, 0.25) is 0 Å². The highest BCUT2D eigenvalue weighted by molar-refractivity contribution is 14.1. The molecule has 5 nitrogen and oxygen atoms in total. The van der Waals surface area contributed by atoms with Crippen LogP contribution >= 0.6 is 22.6 Å². The maximum absolute atomic E-state index is 13.2. The van der Waals surface area contributed by atoms with Crippen molar-refractivity contribution in [3.63, 3.8) is 0 Å². The van der Waals surface area contributed by atoms with Gasteiger partial charge in [-0.25, -0.2) is 4.39 Å². The molecule has 0 aliphatic heterocycles. The van der Waals surface area contributed by atoms with Gasteiger partial charge in [0, 0.05) is 10.1 Å². The predicted octanol–water partition coefficient (Wildman–Crippen LogP) is 3.48. The van der Waals surface area contributed by atoms with Gasteiger partial charge in [-0.15, -0.1) is 0 Å². The average Bonchev–Trinajstić information content (AvgIpc) is 2.62. The molecule has 1 atom stereocenters. The van der Waals surface area contributed by atoms with Crippen LogP contribution in [0.3, 0.4) is 0 Å². The first-order valence-corrected chi connectivity index (χ1v) is 9.06. The van der Waals surface area contributed by atoms with Crippen LogP contribution in [0.5, 0.6) is 11.5 Å². The number of halogens is 2. The topological polar surface area (TPSA) is 50.8 Å². The van der Waals surface area contributed by atoms with E-state index in [1.54, 1.807) is 31.4 Å². The van der Waals surface area contributed by atoms with Crippen LogP contribution < -0.4 is 14.8 Å². The second kappa shape index (κ2) is 9.18. The summed E-state index contributed by atoms with van der Waals surface area (Å²) in [6.45, 7) is 0.391.